The van der Waals surface area contributed by atoms with E-state index in [-0.39, 0.29) is 11.9 Å². The van der Waals surface area contributed by atoms with Gasteiger partial charge in [-0.25, -0.2) is 0 Å². The summed E-state index contributed by atoms with van der Waals surface area (Å²) in [6.45, 7) is 0.790. The van der Waals surface area contributed by atoms with E-state index in [0.29, 0.717) is 11.4 Å². The van der Waals surface area contributed by atoms with Gasteiger partial charge in [0.05, 0.1) is 18.0 Å². The summed E-state index contributed by atoms with van der Waals surface area (Å²) in [6, 6.07) is 1.85. The molecular formula is C10H12ClN3O. The highest BCUT2D eigenvalue weighted by Crippen LogP contribution is 2.20. The van der Waals surface area contributed by atoms with E-state index in [1.165, 1.54) is 12.4 Å². The highest BCUT2D eigenvalue weighted by Gasteiger charge is 2.28. The third-order valence-corrected chi connectivity index (χ3v) is 3.00. The molecule has 0 radical (unpaired) electrons. The van der Waals surface area contributed by atoms with E-state index in [2.05, 4.69) is 10.2 Å². The molecule has 5 heteroatoms. The van der Waals surface area contributed by atoms with Crippen molar-refractivity contribution in [3.63, 3.8) is 0 Å². The minimum Gasteiger partial charge on any atom is -0.334 e. The molecule has 1 amide bonds. The molecule has 2 rings (SSSR count). The van der Waals surface area contributed by atoms with Crippen molar-refractivity contribution in [2.24, 2.45) is 0 Å². The Hall–Kier alpha value is -1.16. The lowest BCUT2D eigenvalue weighted by Gasteiger charge is -2.22. The lowest BCUT2D eigenvalue weighted by Crippen LogP contribution is -2.36. The first-order valence-electron chi connectivity index (χ1n) is 4.96. The van der Waals surface area contributed by atoms with Crippen LogP contribution in [0, 0.1) is 0 Å². The fourth-order valence-corrected chi connectivity index (χ4v) is 2.17. The third kappa shape index (κ3) is 2.09. The second-order valence-corrected chi connectivity index (χ2v) is 3.89. The Labute approximate surface area is 93.2 Å². The van der Waals surface area contributed by atoms with Crippen LogP contribution >= 0.6 is 11.6 Å². The Bertz CT molecular complexity index is 344. The van der Waals surface area contributed by atoms with E-state index >= 15 is 0 Å². The second kappa shape index (κ2) is 4.57. The number of aromatic nitrogens is 2. The quantitative estimate of drug-likeness (QED) is 0.714. The highest BCUT2D eigenvalue weighted by molar-refractivity contribution is 6.18. The molecule has 1 aromatic heterocycles. The van der Waals surface area contributed by atoms with Crippen LogP contribution in [0.5, 0.6) is 0 Å². The fourth-order valence-electron chi connectivity index (χ4n) is 1.85. The number of hydrogen-bond donors (Lipinski definition) is 0. The van der Waals surface area contributed by atoms with Crippen molar-refractivity contribution >= 4 is 17.5 Å². The van der Waals surface area contributed by atoms with Gasteiger partial charge in [-0.15, -0.1) is 11.6 Å². The van der Waals surface area contributed by atoms with Gasteiger partial charge in [-0.1, -0.05) is 0 Å². The molecule has 0 spiro atoms. The van der Waals surface area contributed by atoms with Crippen molar-refractivity contribution < 1.29 is 4.79 Å². The maximum Gasteiger partial charge on any atom is 0.255 e. The number of carbonyl (C=O) groups excluding carboxylic acids is 1. The molecule has 1 aliphatic heterocycles. The maximum absolute atomic E-state index is 12.0. The molecule has 1 aliphatic rings. The average molecular weight is 226 g/mol. The number of rotatable bonds is 2. The molecule has 0 N–H and O–H groups in total. The summed E-state index contributed by atoms with van der Waals surface area (Å²) < 4.78 is 0. The lowest BCUT2D eigenvalue weighted by atomic mass is 10.2. The van der Waals surface area contributed by atoms with E-state index in [9.17, 15) is 4.79 Å². The zero-order valence-electron chi connectivity index (χ0n) is 8.27. The Morgan fingerprint density at radius 2 is 2.47 bits per heavy atom. The van der Waals surface area contributed by atoms with Crippen LogP contribution in [0.1, 0.15) is 23.2 Å². The molecule has 80 valence electrons. The van der Waals surface area contributed by atoms with Crippen LogP contribution in [0.25, 0.3) is 0 Å². The van der Waals surface area contributed by atoms with Gasteiger partial charge in [-0.2, -0.15) is 10.2 Å². The zero-order chi connectivity index (χ0) is 10.7. The molecule has 0 saturated carbocycles. The molecular weight excluding hydrogens is 214 g/mol. The summed E-state index contributed by atoms with van der Waals surface area (Å²) in [4.78, 5) is 13.8. The van der Waals surface area contributed by atoms with E-state index < -0.39 is 0 Å². The van der Waals surface area contributed by atoms with Crippen LogP contribution in [0.4, 0.5) is 0 Å². The number of alkyl halides is 1. The van der Waals surface area contributed by atoms with Gasteiger partial charge < -0.3 is 4.90 Å². The SMILES string of the molecule is O=C(c1ccnnc1)N1CCCC1CCl. The lowest BCUT2D eigenvalue weighted by molar-refractivity contribution is 0.0748. The molecule has 1 aromatic rings. The summed E-state index contributed by atoms with van der Waals surface area (Å²) in [6.07, 6.45) is 5.04. The van der Waals surface area contributed by atoms with Gasteiger partial charge in [0.1, 0.15) is 0 Å². The van der Waals surface area contributed by atoms with Crippen LogP contribution < -0.4 is 0 Å². The summed E-state index contributed by atoms with van der Waals surface area (Å²) >= 11 is 5.81. The highest BCUT2D eigenvalue weighted by atomic mass is 35.5. The standard InChI is InChI=1S/C10H12ClN3O/c11-6-9-2-1-5-14(9)10(15)8-3-4-12-13-7-8/h3-4,7,9H,1-2,5-6H2. The molecule has 0 aromatic carbocycles. The first-order chi connectivity index (χ1) is 7.33. The van der Waals surface area contributed by atoms with Crippen LogP contribution in [0.3, 0.4) is 0 Å². The average Bonchev–Trinajstić information content (AvgIpc) is 2.77. The molecule has 1 atom stereocenters. The van der Waals surface area contributed by atoms with Crippen molar-refractivity contribution in [2.75, 3.05) is 12.4 Å². The van der Waals surface area contributed by atoms with Crippen LogP contribution in [-0.2, 0) is 0 Å². The van der Waals surface area contributed by atoms with Gasteiger partial charge >= 0.3 is 0 Å². The van der Waals surface area contributed by atoms with Crippen molar-refractivity contribution in [2.45, 2.75) is 18.9 Å². The zero-order valence-corrected chi connectivity index (χ0v) is 9.02. The number of halogens is 1. The maximum atomic E-state index is 12.0. The monoisotopic (exact) mass is 225 g/mol. The smallest absolute Gasteiger partial charge is 0.255 e. The number of nitrogens with zero attached hydrogens (tertiary/aromatic N) is 3. The van der Waals surface area contributed by atoms with Gasteiger partial charge in [-0.05, 0) is 18.9 Å². The van der Waals surface area contributed by atoms with Crippen molar-refractivity contribution in [3.05, 3.63) is 24.0 Å². The first kappa shape index (κ1) is 10.4. The number of hydrogen-bond acceptors (Lipinski definition) is 3. The molecule has 1 saturated heterocycles. The topological polar surface area (TPSA) is 46.1 Å². The minimum absolute atomic E-state index is 0.00745. The number of carbonyl (C=O) groups is 1. The molecule has 0 aliphatic carbocycles. The molecule has 2 heterocycles. The minimum atomic E-state index is 0.00745. The van der Waals surface area contributed by atoms with E-state index in [4.69, 9.17) is 11.6 Å². The van der Waals surface area contributed by atoms with Gasteiger partial charge in [0, 0.05) is 18.5 Å². The van der Waals surface area contributed by atoms with E-state index in [1.807, 2.05) is 4.90 Å². The molecule has 1 fully saturated rings. The van der Waals surface area contributed by atoms with Gasteiger partial charge in [0.25, 0.3) is 5.91 Å². The number of amides is 1. The fraction of sp³-hybridized carbons (Fsp3) is 0.500. The molecule has 4 nitrogen and oxygen atoms in total. The summed E-state index contributed by atoms with van der Waals surface area (Å²) in [5.41, 5.74) is 0.585. The Kier molecular flexibility index (Phi) is 3.16. The largest absolute Gasteiger partial charge is 0.334 e. The van der Waals surface area contributed by atoms with E-state index in [1.54, 1.807) is 6.07 Å². The van der Waals surface area contributed by atoms with Crippen LogP contribution in [0.15, 0.2) is 18.5 Å². The van der Waals surface area contributed by atoms with E-state index in [0.717, 1.165) is 19.4 Å². The van der Waals surface area contributed by atoms with Crippen molar-refractivity contribution in [1.82, 2.24) is 15.1 Å². The van der Waals surface area contributed by atoms with Crippen LogP contribution in [0.2, 0.25) is 0 Å². The third-order valence-electron chi connectivity index (χ3n) is 2.65. The van der Waals surface area contributed by atoms with Gasteiger partial charge in [0.15, 0.2) is 0 Å². The number of likely N-dealkylation sites (tertiary alicyclic amines) is 1. The molecule has 0 bridgehead atoms. The summed E-state index contributed by atoms with van der Waals surface area (Å²) in [5, 5.41) is 7.34. The van der Waals surface area contributed by atoms with Gasteiger partial charge in [-0.3, -0.25) is 4.79 Å². The van der Waals surface area contributed by atoms with Crippen molar-refractivity contribution in [3.8, 4) is 0 Å². The first-order valence-corrected chi connectivity index (χ1v) is 5.50. The normalized spacial score (nSPS) is 20.6. The Morgan fingerprint density at radius 3 is 3.13 bits per heavy atom. The molecule has 1 unspecified atom stereocenters. The summed E-state index contributed by atoms with van der Waals surface area (Å²) in [5.74, 6) is 0.512. The van der Waals surface area contributed by atoms with Crippen LogP contribution in [-0.4, -0.2) is 39.5 Å². The summed E-state index contributed by atoms with van der Waals surface area (Å²) in [7, 11) is 0. The Balaban J connectivity index is 2.14. The van der Waals surface area contributed by atoms with Crippen molar-refractivity contribution in [1.29, 1.82) is 0 Å². The predicted molar refractivity (Wildman–Crippen MR) is 56.8 cm³/mol. The Morgan fingerprint density at radius 1 is 1.60 bits per heavy atom. The van der Waals surface area contributed by atoms with Gasteiger partial charge in [0.2, 0.25) is 0 Å². The predicted octanol–water partition coefficient (Wildman–Crippen LogP) is 1.32. The molecule has 15 heavy (non-hydrogen) atoms. The second-order valence-electron chi connectivity index (χ2n) is 3.58.